The van der Waals surface area contributed by atoms with Gasteiger partial charge in [0.2, 0.25) is 5.88 Å². The number of alkyl carbamates (subject to hydrolysis) is 1. The summed E-state index contributed by atoms with van der Waals surface area (Å²) in [5.41, 5.74) is 1.14. The maximum absolute atomic E-state index is 12.7. The van der Waals surface area contributed by atoms with Gasteiger partial charge >= 0.3 is 6.09 Å². The van der Waals surface area contributed by atoms with Gasteiger partial charge in [0.25, 0.3) is 5.91 Å². The molecule has 2 amide bonds. The molecule has 4 rings (SSSR count). The summed E-state index contributed by atoms with van der Waals surface area (Å²) >= 11 is 0. The molecule has 2 N–H and O–H groups in total. The first-order chi connectivity index (χ1) is 15.1. The lowest BCUT2D eigenvalue weighted by molar-refractivity contribution is -0.187. The first-order valence-electron chi connectivity index (χ1n) is 10.3. The Balaban J connectivity index is 1.29. The van der Waals surface area contributed by atoms with Gasteiger partial charge in [-0.15, -0.1) is 0 Å². The van der Waals surface area contributed by atoms with Gasteiger partial charge in [0.15, 0.2) is 0 Å². The van der Waals surface area contributed by atoms with E-state index in [0.29, 0.717) is 19.4 Å². The lowest BCUT2D eigenvalue weighted by atomic mass is 10.2. The van der Waals surface area contributed by atoms with Crippen molar-refractivity contribution in [1.29, 1.82) is 0 Å². The van der Waals surface area contributed by atoms with E-state index in [1.807, 2.05) is 67.6 Å². The molecule has 2 unspecified atom stereocenters. The topological polar surface area (TPSA) is 79.9 Å². The van der Waals surface area contributed by atoms with Crippen LogP contribution in [-0.2, 0) is 20.8 Å². The third-order valence-corrected chi connectivity index (χ3v) is 5.23. The van der Waals surface area contributed by atoms with E-state index in [0.717, 1.165) is 16.0 Å². The molecule has 7 nitrogen and oxygen atoms in total. The average molecular weight is 419 g/mol. The molecular weight excluding hydrogens is 394 g/mol. The van der Waals surface area contributed by atoms with Gasteiger partial charge in [0.1, 0.15) is 6.04 Å². The van der Waals surface area contributed by atoms with Crippen molar-refractivity contribution in [3.63, 3.8) is 0 Å². The fraction of sp³-hybridized carbons (Fsp3) is 0.250. The number of nitrogens with one attached hydrogen (secondary N) is 2. The molecule has 2 heterocycles. The van der Waals surface area contributed by atoms with Crippen LogP contribution in [0.5, 0.6) is 0 Å². The highest BCUT2D eigenvalue weighted by Gasteiger charge is 2.39. The third kappa shape index (κ3) is 5.13. The fourth-order valence-corrected chi connectivity index (χ4v) is 3.62. The minimum atomic E-state index is -0.691. The highest BCUT2D eigenvalue weighted by atomic mass is 16.7. The number of hydroxylamine groups is 2. The van der Waals surface area contributed by atoms with Crippen LogP contribution in [0.3, 0.4) is 0 Å². The van der Waals surface area contributed by atoms with Crippen molar-refractivity contribution in [3.05, 3.63) is 82.6 Å². The monoisotopic (exact) mass is 419 g/mol. The number of carbonyl (C=O) groups excluding carboxylic acids is 2. The number of ether oxygens (including phenoxy) is 1. The van der Waals surface area contributed by atoms with Crippen LogP contribution in [0.15, 0.2) is 66.6 Å². The van der Waals surface area contributed by atoms with Gasteiger partial charge in [-0.2, -0.15) is 0 Å². The van der Waals surface area contributed by atoms with Crippen LogP contribution >= 0.6 is 0 Å². The van der Waals surface area contributed by atoms with E-state index < -0.39 is 12.1 Å². The highest BCUT2D eigenvalue weighted by Crippen LogP contribution is 2.20. The van der Waals surface area contributed by atoms with E-state index in [2.05, 4.69) is 10.6 Å². The second-order valence-corrected chi connectivity index (χ2v) is 7.52. The van der Waals surface area contributed by atoms with E-state index in [9.17, 15) is 9.59 Å². The van der Waals surface area contributed by atoms with Gasteiger partial charge in [0, 0.05) is 6.20 Å². The Morgan fingerprint density at radius 2 is 1.84 bits per heavy atom. The number of hydrogen-bond donors (Lipinski definition) is 2. The molecule has 0 radical (unpaired) electrons. The molecule has 2 aromatic carbocycles. The number of rotatable bonds is 6. The molecule has 160 valence electrons. The standard InChI is InChI=1S/C24H25N3O4/c1-17-15-21(23(28)27(17)30-14-13-18-7-3-2-4-8-18)26-24(29)31-22-12-11-19-9-5-6-10-20(19)16-25-22/h2-12,16-17,21,25H,13-15H2,1H3,(H,26,29). The molecule has 0 spiro atoms. The SMILES string of the molecule is CC1CC(NC(=O)OC2=CC=c3ccccc3=CN2)C(=O)N1OCCc1ccccc1. The fourth-order valence-electron chi connectivity index (χ4n) is 3.62. The summed E-state index contributed by atoms with van der Waals surface area (Å²) in [6.45, 7) is 2.28. The van der Waals surface area contributed by atoms with Crippen LogP contribution in [0.4, 0.5) is 4.79 Å². The molecule has 1 fully saturated rings. The molecule has 2 atom stereocenters. The number of carbonyl (C=O) groups is 2. The number of allylic oxidation sites excluding steroid dienone is 1. The van der Waals surface area contributed by atoms with Crippen LogP contribution in [0.1, 0.15) is 18.9 Å². The van der Waals surface area contributed by atoms with Gasteiger partial charge in [-0.25, -0.2) is 9.86 Å². The third-order valence-electron chi connectivity index (χ3n) is 5.23. The van der Waals surface area contributed by atoms with Crippen LogP contribution in [-0.4, -0.2) is 35.8 Å². The number of amides is 2. The summed E-state index contributed by atoms with van der Waals surface area (Å²) < 4.78 is 5.35. The van der Waals surface area contributed by atoms with Crippen LogP contribution < -0.4 is 21.1 Å². The summed E-state index contributed by atoms with van der Waals surface area (Å²) in [6.07, 6.45) is 5.77. The van der Waals surface area contributed by atoms with Crippen molar-refractivity contribution in [3.8, 4) is 0 Å². The summed E-state index contributed by atoms with van der Waals surface area (Å²) in [6, 6.07) is 16.9. The number of hydrogen-bond acceptors (Lipinski definition) is 5. The lowest BCUT2D eigenvalue weighted by Gasteiger charge is -2.20. The zero-order valence-electron chi connectivity index (χ0n) is 17.3. The first-order valence-corrected chi connectivity index (χ1v) is 10.3. The van der Waals surface area contributed by atoms with Crippen LogP contribution in [0, 0.1) is 0 Å². The zero-order valence-corrected chi connectivity index (χ0v) is 17.3. The predicted molar refractivity (Wildman–Crippen MR) is 116 cm³/mol. The van der Waals surface area contributed by atoms with E-state index in [-0.39, 0.29) is 17.8 Å². The summed E-state index contributed by atoms with van der Waals surface area (Å²) in [4.78, 5) is 30.7. The van der Waals surface area contributed by atoms with Gasteiger partial charge in [-0.3, -0.25) is 9.63 Å². The quantitative estimate of drug-likeness (QED) is 0.743. The van der Waals surface area contributed by atoms with Crippen molar-refractivity contribution >= 4 is 24.3 Å². The number of benzene rings is 2. The normalized spacial score (nSPS) is 19.8. The summed E-state index contributed by atoms with van der Waals surface area (Å²) in [5, 5.41) is 8.97. The van der Waals surface area contributed by atoms with Crippen molar-refractivity contribution < 1.29 is 19.2 Å². The van der Waals surface area contributed by atoms with E-state index >= 15 is 0 Å². The summed E-state index contributed by atoms with van der Waals surface area (Å²) in [5.74, 6) is 0.00834. The second kappa shape index (κ2) is 9.49. The van der Waals surface area contributed by atoms with Gasteiger partial charge in [0.05, 0.1) is 12.6 Å². The Kier molecular flexibility index (Phi) is 6.33. The molecular formula is C24H25N3O4. The molecule has 0 bridgehead atoms. The predicted octanol–water partition coefficient (Wildman–Crippen LogP) is 1.54. The molecule has 0 aliphatic carbocycles. The minimum Gasteiger partial charge on any atom is -0.393 e. The molecule has 2 aromatic rings. The van der Waals surface area contributed by atoms with Crippen molar-refractivity contribution in [2.45, 2.75) is 31.8 Å². The minimum absolute atomic E-state index is 0.139. The van der Waals surface area contributed by atoms with Crippen LogP contribution in [0.2, 0.25) is 0 Å². The second-order valence-electron chi connectivity index (χ2n) is 7.52. The zero-order chi connectivity index (χ0) is 21.6. The lowest BCUT2D eigenvalue weighted by Crippen LogP contribution is -2.42. The number of nitrogens with zero attached hydrogens (tertiary/aromatic N) is 1. The van der Waals surface area contributed by atoms with Crippen molar-refractivity contribution in [2.24, 2.45) is 0 Å². The van der Waals surface area contributed by atoms with Gasteiger partial charge in [-0.1, -0.05) is 54.6 Å². The Morgan fingerprint density at radius 3 is 2.65 bits per heavy atom. The Hall–Kier alpha value is -3.58. The Bertz CT molecular complexity index is 1100. The molecule has 2 aliphatic heterocycles. The molecule has 0 saturated carbocycles. The number of fused-ring (bicyclic) bond motifs is 1. The molecule has 31 heavy (non-hydrogen) atoms. The maximum Gasteiger partial charge on any atom is 0.414 e. The van der Waals surface area contributed by atoms with E-state index in [1.165, 1.54) is 5.06 Å². The Labute approximate surface area is 180 Å². The van der Waals surface area contributed by atoms with Gasteiger partial charge < -0.3 is 15.4 Å². The molecule has 2 aliphatic rings. The molecule has 7 heteroatoms. The average Bonchev–Trinajstić information content (AvgIpc) is 2.93. The molecule has 0 aromatic heterocycles. The smallest absolute Gasteiger partial charge is 0.393 e. The van der Waals surface area contributed by atoms with Crippen LogP contribution in [0.25, 0.3) is 12.3 Å². The highest BCUT2D eigenvalue weighted by molar-refractivity contribution is 5.87. The van der Waals surface area contributed by atoms with Gasteiger partial charge in [-0.05, 0) is 47.9 Å². The maximum atomic E-state index is 12.7. The van der Waals surface area contributed by atoms with Crippen molar-refractivity contribution in [1.82, 2.24) is 15.7 Å². The van der Waals surface area contributed by atoms with E-state index in [1.54, 1.807) is 12.3 Å². The largest absolute Gasteiger partial charge is 0.414 e. The first kappa shape index (κ1) is 20.7. The van der Waals surface area contributed by atoms with E-state index in [4.69, 9.17) is 9.57 Å². The summed E-state index contributed by atoms with van der Waals surface area (Å²) in [7, 11) is 0. The van der Waals surface area contributed by atoms with Crippen molar-refractivity contribution in [2.75, 3.05) is 6.61 Å². The molecule has 1 saturated heterocycles. The Morgan fingerprint density at radius 1 is 1.10 bits per heavy atom.